The first-order valence-electron chi connectivity index (χ1n) is 9.52. The molecule has 3 aromatic rings. The summed E-state index contributed by atoms with van der Waals surface area (Å²) in [6.45, 7) is 4.18. The quantitative estimate of drug-likeness (QED) is 0.526. The summed E-state index contributed by atoms with van der Waals surface area (Å²) in [6.07, 6.45) is 3.83. The number of halogens is 1. The number of aryl methyl sites for hydroxylation is 1. The Morgan fingerprint density at radius 2 is 2.23 bits per heavy atom. The number of anilines is 1. The van der Waals surface area contributed by atoms with Crippen molar-refractivity contribution in [1.82, 2.24) is 14.7 Å². The average Bonchev–Trinajstić information content (AvgIpc) is 3.40. The topological polar surface area (TPSA) is 89.6 Å². The Labute approximate surface area is 185 Å². The van der Waals surface area contributed by atoms with Gasteiger partial charge < -0.3 is 14.5 Å². The summed E-state index contributed by atoms with van der Waals surface area (Å²) >= 11 is 4.75. The number of hydrogen-bond donors (Lipinski definition) is 1. The van der Waals surface area contributed by atoms with Gasteiger partial charge >= 0.3 is 5.97 Å². The lowest BCUT2D eigenvalue weighted by Gasteiger charge is -2.26. The molecule has 3 aromatic heterocycles. The lowest BCUT2D eigenvalue weighted by Crippen LogP contribution is -2.29. The van der Waals surface area contributed by atoms with Crippen LogP contribution in [-0.4, -0.2) is 39.7 Å². The number of esters is 1. The maximum atomic E-state index is 12.7. The zero-order valence-corrected chi connectivity index (χ0v) is 19.0. The van der Waals surface area contributed by atoms with Gasteiger partial charge in [-0.15, -0.1) is 11.3 Å². The maximum Gasteiger partial charge on any atom is 0.341 e. The van der Waals surface area contributed by atoms with E-state index in [1.165, 1.54) is 17.5 Å². The van der Waals surface area contributed by atoms with Crippen LogP contribution >= 0.6 is 27.3 Å². The smallest absolute Gasteiger partial charge is 0.341 e. The van der Waals surface area contributed by atoms with Gasteiger partial charge in [-0.2, -0.15) is 5.10 Å². The highest BCUT2D eigenvalue weighted by molar-refractivity contribution is 9.10. The number of carbonyl (C=O) groups excluding carboxylic acids is 2. The van der Waals surface area contributed by atoms with Crippen molar-refractivity contribution in [3.63, 3.8) is 0 Å². The van der Waals surface area contributed by atoms with Crippen molar-refractivity contribution < 1.29 is 18.7 Å². The normalized spacial score (nSPS) is 13.8. The van der Waals surface area contributed by atoms with Crippen LogP contribution in [0, 0.1) is 0 Å². The summed E-state index contributed by atoms with van der Waals surface area (Å²) in [5.74, 6) is 0.169. The van der Waals surface area contributed by atoms with Crippen molar-refractivity contribution in [2.24, 2.45) is 7.05 Å². The fraction of sp³-hybridized carbons (Fsp3) is 0.350. The lowest BCUT2D eigenvalue weighted by molar-refractivity contribution is 0.0526. The van der Waals surface area contributed by atoms with Gasteiger partial charge in [0, 0.05) is 31.2 Å². The minimum absolute atomic E-state index is 0.277. The molecule has 8 nitrogen and oxygen atoms in total. The largest absolute Gasteiger partial charge is 0.462 e. The van der Waals surface area contributed by atoms with Gasteiger partial charge in [-0.25, -0.2) is 4.79 Å². The molecule has 158 valence electrons. The van der Waals surface area contributed by atoms with E-state index >= 15 is 0 Å². The standard InChI is InChI=1S/C20H21BrN4O4S/c1-3-28-20(27)17-14-6-7-25(10-13-4-5-16(21)29-13)11-15(14)30-19(17)23-18(26)12-8-22-24(2)9-12/h4-5,8-9H,3,6-7,10-11H2,1-2H3,(H,23,26). The molecule has 1 aliphatic heterocycles. The van der Waals surface area contributed by atoms with Gasteiger partial charge in [0.25, 0.3) is 5.91 Å². The molecule has 0 spiro atoms. The van der Waals surface area contributed by atoms with Gasteiger partial charge in [-0.3, -0.25) is 14.4 Å². The average molecular weight is 493 g/mol. The highest BCUT2D eigenvalue weighted by Gasteiger charge is 2.30. The van der Waals surface area contributed by atoms with Crippen LogP contribution in [0.3, 0.4) is 0 Å². The van der Waals surface area contributed by atoms with Gasteiger partial charge in [0.05, 0.1) is 30.5 Å². The number of nitrogens with zero attached hydrogens (tertiary/aromatic N) is 3. The van der Waals surface area contributed by atoms with Crippen molar-refractivity contribution in [3.05, 3.63) is 56.5 Å². The van der Waals surface area contributed by atoms with Crippen LogP contribution < -0.4 is 5.32 Å². The van der Waals surface area contributed by atoms with Gasteiger partial charge in [-0.1, -0.05) is 0 Å². The summed E-state index contributed by atoms with van der Waals surface area (Å²) in [5.41, 5.74) is 1.86. The molecule has 1 amide bonds. The van der Waals surface area contributed by atoms with E-state index < -0.39 is 5.97 Å². The summed E-state index contributed by atoms with van der Waals surface area (Å²) in [7, 11) is 1.75. The lowest BCUT2D eigenvalue weighted by atomic mass is 10.0. The third-order valence-corrected chi connectivity index (χ3v) is 6.38. The Balaban J connectivity index is 1.59. The van der Waals surface area contributed by atoms with E-state index in [9.17, 15) is 9.59 Å². The predicted octanol–water partition coefficient (Wildman–Crippen LogP) is 3.82. The number of furan rings is 1. The molecule has 1 N–H and O–H groups in total. The highest BCUT2D eigenvalue weighted by atomic mass is 79.9. The third kappa shape index (κ3) is 4.35. The summed E-state index contributed by atoms with van der Waals surface area (Å²) < 4.78 is 13.2. The number of rotatable bonds is 6. The van der Waals surface area contributed by atoms with E-state index in [-0.39, 0.29) is 12.5 Å². The van der Waals surface area contributed by atoms with E-state index in [0.717, 1.165) is 22.7 Å². The molecular weight excluding hydrogens is 472 g/mol. The Bertz CT molecular complexity index is 1090. The minimum atomic E-state index is -0.403. The zero-order chi connectivity index (χ0) is 21.3. The second kappa shape index (κ2) is 8.75. The minimum Gasteiger partial charge on any atom is -0.462 e. The number of nitrogens with one attached hydrogen (secondary N) is 1. The molecule has 0 bridgehead atoms. The first-order chi connectivity index (χ1) is 14.4. The Morgan fingerprint density at radius 3 is 2.90 bits per heavy atom. The van der Waals surface area contributed by atoms with Crippen LogP contribution in [-0.2, 0) is 31.3 Å². The summed E-state index contributed by atoms with van der Waals surface area (Å²) in [4.78, 5) is 28.6. The van der Waals surface area contributed by atoms with Gasteiger partial charge in [0.2, 0.25) is 0 Å². The molecule has 0 saturated heterocycles. The van der Waals surface area contributed by atoms with Crippen molar-refractivity contribution >= 4 is 44.1 Å². The van der Waals surface area contributed by atoms with Gasteiger partial charge in [-0.05, 0) is 47.0 Å². The van der Waals surface area contributed by atoms with Crippen LogP contribution in [0.1, 0.15) is 43.8 Å². The number of carbonyl (C=O) groups is 2. The second-order valence-corrected chi connectivity index (χ2v) is 8.84. The highest BCUT2D eigenvalue weighted by Crippen LogP contribution is 2.38. The van der Waals surface area contributed by atoms with E-state index in [0.29, 0.717) is 40.3 Å². The van der Waals surface area contributed by atoms with E-state index in [2.05, 4.69) is 31.2 Å². The SMILES string of the molecule is CCOC(=O)c1c(NC(=O)c2cnn(C)c2)sc2c1CCN(Cc1ccc(Br)o1)C2. The third-order valence-electron chi connectivity index (χ3n) is 4.82. The van der Waals surface area contributed by atoms with E-state index in [1.54, 1.807) is 24.9 Å². The first-order valence-corrected chi connectivity index (χ1v) is 11.1. The summed E-state index contributed by atoms with van der Waals surface area (Å²) in [6, 6.07) is 3.82. The Morgan fingerprint density at radius 1 is 1.40 bits per heavy atom. The Hall–Kier alpha value is -2.43. The molecule has 1 aliphatic rings. The summed E-state index contributed by atoms with van der Waals surface area (Å²) in [5, 5.41) is 7.44. The van der Waals surface area contributed by atoms with Gasteiger partial charge in [0.15, 0.2) is 4.67 Å². The molecule has 30 heavy (non-hydrogen) atoms. The fourth-order valence-corrected chi connectivity index (χ4v) is 5.08. The molecular formula is C20H21BrN4O4S. The number of ether oxygens (including phenoxy) is 1. The molecule has 4 heterocycles. The fourth-order valence-electron chi connectivity index (χ4n) is 3.47. The van der Waals surface area contributed by atoms with Crippen LogP contribution in [0.5, 0.6) is 0 Å². The second-order valence-electron chi connectivity index (χ2n) is 6.95. The molecule has 0 unspecified atom stereocenters. The number of aromatic nitrogens is 2. The molecule has 0 aromatic carbocycles. The predicted molar refractivity (Wildman–Crippen MR) is 116 cm³/mol. The van der Waals surface area contributed by atoms with Gasteiger partial charge in [0.1, 0.15) is 10.8 Å². The monoisotopic (exact) mass is 492 g/mol. The van der Waals surface area contributed by atoms with Crippen molar-refractivity contribution in [2.45, 2.75) is 26.4 Å². The van der Waals surface area contributed by atoms with E-state index in [1.807, 2.05) is 12.1 Å². The molecule has 0 aliphatic carbocycles. The zero-order valence-electron chi connectivity index (χ0n) is 16.6. The molecule has 0 saturated carbocycles. The molecule has 0 atom stereocenters. The number of thiophene rings is 1. The van der Waals surface area contributed by atoms with Crippen LogP contribution in [0.2, 0.25) is 0 Å². The molecule has 10 heteroatoms. The van der Waals surface area contributed by atoms with Crippen LogP contribution in [0.25, 0.3) is 0 Å². The van der Waals surface area contributed by atoms with Crippen LogP contribution in [0.4, 0.5) is 5.00 Å². The van der Waals surface area contributed by atoms with E-state index in [4.69, 9.17) is 9.15 Å². The maximum absolute atomic E-state index is 12.7. The molecule has 0 fully saturated rings. The van der Waals surface area contributed by atoms with Crippen molar-refractivity contribution in [2.75, 3.05) is 18.5 Å². The van der Waals surface area contributed by atoms with Crippen molar-refractivity contribution in [1.29, 1.82) is 0 Å². The molecule has 0 radical (unpaired) electrons. The molecule has 4 rings (SSSR count). The number of amides is 1. The Kier molecular flexibility index (Phi) is 6.07. The van der Waals surface area contributed by atoms with Crippen molar-refractivity contribution in [3.8, 4) is 0 Å². The van der Waals surface area contributed by atoms with Crippen LogP contribution in [0.15, 0.2) is 33.6 Å². The number of hydrogen-bond acceptors (Lipinski definition) is 7. The first kappa shape index (κ1) is 20.8. The number of fused-ring (bicyclic) bond motifs is 1.